The topological polar surface area (TPSA) is 77.5 Å². The number of esters is 1. The average Bonchev–Trinajstić information content (AvgIpc) is 3.01. The Morgan fingerprint density at radius 3 is 2.74 bits per heavy atom. The van der Waals surface area contributed by atoms with Crippen LogP contribution in [0.4, 0.5) is 9.52 Å². The molecule has 0 aliphatic carbocycles. The molecule has 1 N–H and O–H groups in total. The molecule has 3 rings (SSSR count). The maximum atomic E-state index is 13.5. The van der Waals surface area contributed by atoms with Crippen LogP contribution in [0.3, 0.4) is 0 Å². The summed E-state index contributed by atoms with van der Waals surface area (Å²) in [7, 11) is 0. The summed E-state index contributed by atoms with van der Waals surface area (Å²) in [5, 5.41) is 2.97. The molecule has 6 nitrogen and oxygen atoms in total. The van der Waals surface area contributed by atoms with Gasteiger partial charge in [0.25, 0.3) is 5.91 Å². The van der Waals surface area contributed by atoms with Gasteiger partial charge in [0.1, 0.15) is 0 Å². The summed E-state index contributed by atoms with van der Waals surface area (Å²) in [6.45, 7) is 3.21. The van der Waals surface area contributed by atoms with Gasteiger partial charge in [0, 0.05) is 0 Å². The first-order valence-electron chi connectivity index (χ1n) is 8.21. The third kappa shape index (κ3) is 4.79. The molecule has 8 heteroatoms. The number of halogens is 1. The molecule has 0 unspecified atom stereocenters. The number of nitrogens with one attached hydrogen (secondary N) is 1. The van der Waals surface area contributed by atoms with E-state index in [0.717, 1.165) is 4.70 Å². The van der Waals surface area contributed by atoms with Gasteiger partial charge in [0.15, 0.2) is 23.3 Å². The predicted molar refractivity (Wildman–Crippen MR) is 101 cm³/mol. The van der Waals surface area contributed by atoms with Crippen molar-refractivity contribution in [2.75, 3.05) is 11.9 Å². The molecular formula is C19H17FN2O4S. The minimum atomic E-state index is -0.536. The van der Waals surface area contributed by atoms with Crippen LogP contribution in [0, 0.1) is 5.82 Å². The Bertz CT molecular complexity index is 987. The van der Waals surface area contributed by atoms with E-state index in [4.69, 9.17) is 9.47 Å². The number of amides is 1. The lowest BCUT2D eigenvalue weighted by Gasteiger charge is -2.07. The third-order valence-corrected chi connectivity index (χ3v) is 4.34. The number of fused-ring (bicyclic) bond motifs is 1. The zero-order valence-corrected chi connectivity index (χ0v) is 15.5. The van der Waals surface area contributed by atoms with Gasteiger partial charge in [0.05, 0.1) is 21.9 Å². The number of anilines is 1. The number of hydrogen-bond acceptors (Lipinski definition) is 6. The summed E-state index contributed by atoms with van der Waals surface area (Å²) in [6.07, 6.45) is -0.209. The molecule has 2 aromatic carbocycles. The zero-order valence-electron chi connectivity index (χ0n) is 14.7. The van der Waals surface area contributed by atoms with Crippen molar-refractivity contribution in [1.29, 1.82) is 0 Å². The SMILES string of the molecule is CC(C)OC(=O)c1ccc2nc(NC(=O)COc3ccccc3F)sc2c1. The summed E-state index contributed by atoms with van der Waals surface area (Å²) < 4.78 is 24.5. The van der Waals surface area contributed by atoms with E-state index in [-0.39, 0.29) is 18.5 Å². The fourth-order valence-corrected chi connectivity index (χ4v) is 3.17. The first-order valence-corrected chi connectivity index (χ1v) is 9.03. The molecular weight excluding hydrogens is 371 g/mol. The van der Waals surface area contributed by atoms with Crippen LogP contribution in [-0.2, 0) is 9.53 Å². The molecule has 0 fully saturated rings. The van der Waals surface area contributed by atoms with Gasteiger partial charge in [-0.3, -0.25) is 10.1 Å². The van der Waals surface area contributed by atoms with Gasteiger partial charge in [-0.05, 0) is 44.2 Å². The smallest absolute Gasteiger partial charge is 0.338 e. The van der Waals surface area contributed by atoms with Crippen LogP contribution in [0.15, 0.2) is 42.5 Å². The Kier molecular flexibility index (Phi) is 5.66. The number of benzene rings is 2. The van der Waals surface area contributed by atoms with Crippen LogP contribution in [0.5, 0.6) is 5.75 Å². The molecule has 1 heterocycles. The van der Waals surface area contributed by atoms with Crippen LogP contribution in [0.2, 0.25) is 0 Å². The Hall–Kier alpha value is -3.00. The lowest BCUT2D eigenvalue weighted by molar-refractivity contribution is -0.118. The molecule has 0 saturated heterocycles. The maximum Gasteiger partial charge on any atom is 0.338 e. The highest BCUT2D eigenvalue weighted by Crippen LogP contribution is 2.27. The summed E-state index contributed by atoms with van der Waals surface area (Å²) in [5.74, 6) is -1.41. The number of para-hydroxylation sites is 1. The number of thiazole rings is 1. The minimum Gasteiger partial charge on any atom is -0.481 e. The second kappa shape index (κ2) is 8.13. The quantitative estimate of drug-likeness (QED) is 0.646. The largest absolute Gasteiger partial charge is 0.481 e. The predicted octanol–water partition coefficient (Wildman–Crippen LogP) is 4.02. The van der Waals surface area contributed by atoms with E-state index in [1.807, 2.05) is 0 Å². The highest BCUT2D eigenvalue weighted by molar-refractivity contribution is 7.22. The fourth-order valence-electron chi connectivity index (χ4n) is 2.25. The lowest BCUT2D eigenvalue weighted by Crippen LogP contribution is -2.20. The van der Waals surface area contributed by atoms with Crippen LogP contribution in [0.25, 0.3) is 10.2 Å². The van der Waals surface area contributed by atoms with Gasteiger partial charge >= 0.3 is 5.97 Å². The number of nitrogens with zero attached hydrogens (tertiary/aromatic N) is 1. The van der Waals surface area contributed by atoms with Crippen molar-refractivity contribution in [1.82, 2.24) is 4.98 Å². The Morgan fingerprint density at radius 2 is 2.00 bits per heavy atom. The number of rotatable bonds is 6. The van der Waals surface area contributed by atoms with Gasteiger partial charge < -0.3 is 9.47 Å². The molecule has 0 bridgehead atoms. The standard InChI is InChI=1S/C19H17FN2O4S/c1-11(2)26-18(24)12-7-8-14-16(9-12)27-19(21-14)22-17(23)10-25-15-6-4-3-5-13(15)20/h3-9,11H,10H2,1-2H3,(H,21,22,23). The monoisotopic (exact) mass is 388 g/mol. The van der Waals surface area contributed by atoms with Crippen LogP contribution < -0.4 is 10.1 Å². The van der Waals surface area contributed by atoms with Crippen molar-refractivity contribution in [2.24, 2.45) is 0 Å². The maximum absolute atomic E-state index is 13.5. The summed E-state index contributed by atoms with van der Waals surface area (Å²) in [5.41, 5.74) is 1.06. The molecule has 140 valence electrons. The van der Waals surface area contributed by atoms with Gasteiger partial charge in [-0.25, -0.2) is 14.2 Å². The summed E-state index contributed by atoms with van der Waals surface area (Å²) in [6, 6.07) is 10.8. The van der Waals surface area contributed by atoms with E-state index < -0.39 is 17.7 Å². The molecule has 0 radical (unpaired) electrons. The molecule has 1 aromatic heterocycles. The van der Waals surface area contributed by atoms with Crippen molar-refractivity contribution >= 4 is 38.6 Å². The number of carbonyl (C=O) groups is 2. The van der Waals surface area contributed by atoms with Crippen LogP contribution in [0.1, 0.15) is 24.2 Å². The molecule has 0 aliphatic rings. The summed E-state index contributed by atoms with van der Waals surface area (Å²) in [4.78, 5) is 28.3. The lowest BCUT2D eigenvalue weighted by atomic mass is 10.2. The molecule has 0 spiro atoms. The molecule has 27 heavy (non-hydrogen) atoms. The van der Waals surface area contributed by atoms with Crippen LogP contribution in [-0.4, -0.2) is 29.6 Å². The first kappa shape index (κ1) is 18.8. The minimum absolute atomic E-state index is 0.00487. The highest BCUT2D eigenvalue weighted by atomic mass is 32.1. The second-order valence-corrected chi connectivity index (χ2v) is 6.95. The average molecular weight is 388 g/mol. The molecule has 3 aromatic rings. The van der Waals surface area contributed by atoms with Gasteiger partial charge in [-0.2, -0.15) is 0 Å². The van der Waals surface area contributed by atoms with Gasteiger partial charge in [0.2, 0.25) is 0 Å². The van der Waals surface area contributed by atoms with Crippen LogP contribution >= 0.6 is 11.3 Å². The second-order valence-electron chi connectivity index (χ2n) is 5.92. The van der Waals surface area contributed by atoms with Crippen molar-refractivity contribution in [2.45, 2.75) is 20.0 Å². The Morgan fingerprint density at radius 1 is 1.22 bits per heavy atom. The van der Waals surface area contributed by atoms with E-state index in [9.17, 15) is 14.0 Å². The van der Waals surface area contributed by atoms with E-state index >= 15 is 0 Å². The molecule has 0 atom stereocenters. The fraction of sp³-hybridized carbons (Fsp3) is 0.211. The van der Waals surface area contributed by atoms with Gasteiger partial charge in [-0.15, -0.1) is 0 Å². The van der Waals surface area contributed by atoms with E-state index in [1.165, 1.54) is 29.5 Å². The molecule has 0 saturated carbocycles. The Balaban J connectivity index is 1.65. The molecule has 0 aliphatic heterocycles. The van der Waals surface area contributed by atoms with Crippen molar-refractivity contribution in [3.8, 4) is 5.75 Å². The van der Waals surface area contributed by atoms with E-state index in [1.54, 1.807) is 38.1 Å². The number of carbonyl (C=O) groups excluding carboxylic acids is 2. The van der Waals surface area contributed by atoms with Crippen molar-refractivity contribution in [3.63, 3.8) is 0 Å². The van der Waals surface area contributed by atoms with E-state index in [2.05, 4.69) is 10.3 Å². The van der Waals surface area contributed by atoms with E-state index in [0.29, 0.717) is 16.2 Å². The number of hydrogen-bond donors (Lipinski definition) is 1. The van der Waals surface area contributed by atoms with Crippen molar-refractivity contribution < 1.29 is 23.5 Å². The third-order valence-electron chi connectivity index (χ3n) is 3.41. The number of aromatic nitrogens is 1. The van der Waals surface area contributed by atoms with Gasteiger partial charge in [-0.1, -0.05) is 23.5 Å². The zero-order chi connectivity index (χ0) is 19.4. The highest BCUT2D eigenvalue weighted by Gasteiger charge is 2.13. The summed E-state index contributed by atoms with van der Waals surface area (Å²) >= 11 is 1.22. The normalized spacial score (nSPS) is 10.8. The first-order chi connectivity index (χ1) is 12.9. The molecule has 1 amide bonds. The number of ether oxygens (including phenoxy) is 2. The van der Waals surface area contributed by atoms with Crippen molar-refractivity contribution in [3.05, 3.63) is 53.8 Å². The Labute approximate surface area is 158 Å².